The molecule has 0 amide bonds. The van der Waals surface area contributed by atoms with E-state index < -0.39 is 0 Å². The van der Waals surface area contributed by atoms with Crippen LogP contribution in [-0.4, -0.2) is 26.4 Å². The Morgan fingerprint density at radius 1 is 1.36 bits per heavy atom. The van der Waals surface area contributed by atoms with Crippen molar-refractivity contribution in [1.82, 2.24) is 5.32 Å². The first-order valence-electron chi connectivity index (χ1n) is 4.56. The Hall–Kier alpha value is -0.370. The molecular formula is C9H18N2. The van der Waals surface area contributed by atoms with Crippen LogP contribution in [0.2, 0.25) is 0 Å². The molecule has 0 aromatic heterocycles. The van der Waals surface area contributed by atoms with Gasteiger partial charge in [-0.15, -0.1) is 0 Å². The van der Waals surface area contributed by atoms with Crippen molar-refractivity contribution < 1.29 is 0 Å². The Kier molecular flexibility index (Phi) is 4.21. The maximum Gasteiger partial charge on any atom is 0.0382 e. The third kappa shape index (κ3) is 4.96. The van der Waals surface area contributed by atoms with Crippen LogP contribution in [0, 0.1) is 5.92 Å². The molecular weight excluding hydrogens is 136 g/mol. The molecule has 0 spiro atoms. The third-order valence-corrected chi connectivity index (χ3v) is 2.05. The molecule has 1 fully saturated rings. The first-order chi connectivity index (χ1) is 5.43. The van der Waals surface area contributed by atoms with E-state index in [0.717, 1.165) is 19.0 Å². The van der Waals surface area contributed by atoms with E-state index in [1.165, 1.54) is 32.2 Å². The molecule has 2 heteroatoms. The highest BCUT2D eigenvalue weighted by Crippen LogP contribution is 2.27. The highest BCUT2D eigenvalue weighted by Gasteiger charge is 2.19. The van der Waals surface area contributed by atoms with E-state index in [-0.39, 0.29) is 0 Å². The predicted molar refractivity (Wildman–Crippen MR) is 49.2 cm³/mol. The number of hydrogen-bond donors (Lipinski definition) is 1. The van der Waals surface area contributed by atoms with Gasteiger partial charge in [-0.3, -0.25) is 0 Å². The number of nitrogens with one attached hydrogen (secondary N) is 1. The fraction of sp³-hybridized carbons (Fsp3) is 0.889. The van der Waals surface area contributed by atoms with Gasteiger partial charge in [-0.2, -0.15) is 0 Å². The second-order valence-corrected chi connectivity index (χ2v) is 3.30. The topological polar surface area (TPSA) is 24.4 Å². The smallest absolute Gasteiger partial charge is 0.0382 e. The zero-order valence-electron chi connectivity index (χ0n) is 7.18. The summed E-state index contributed by atoms with van der Waals surface area (Å²) in [6, 6.07) is 0. The first-order valence-corrected chi connectivity index (χ1v) is 4.56. The number of hydrogen-bond acceptors (Lipinski definition) is 2. The summed E-state index contributed by atoms with van der Waals surface area (Å²) < 4.78 is 0. The normalized spacial score (nSPS) is 16.7. The minimum atomic E-state index is 0.922. The van der Waals surface area contributed by atoms with Crippen molar-refractivity contribution in [2.75, 3.05) is 19.6 Å². The van der Waals surface area contributed by atoms with E-state index in [1.54, 1.807) is 0 Å². The monoisotopic (exact) mass is 154 g/mol. The van der Waals surface area contributed by atoms with Crippen LogP contribution in [0.1, 0.15) is 25.7 Å². The summed E-state index contributed by atoms with van der Waals surface area (Å²) in [5.74, 6) is 1.01. The predicted octanol–water partition coefficient (Wildman–Crippen LogP) is 1.47. The summed E-state index contributed by atoms with van der Waals surface area (Å²) in [5, 5.41) is 3.44. The molecule has 0 aliphatic heterocycles. The Bertz CT molecular complexity index is 108. The van der Waals surface area contributed by atoms with Crippen LogP contribution >= 0.6 is 0 Å². The summed E-state index contributed by atoms with van der Waals surface area (Å²) in [6.45, 7) is 6.76. The largest absolute Gasteiger partial charge is 0.316 e. The van der Waals surface area contributed by atoms with Gasteiger partial charge in [-0.1, -0.05) is 0 Å². The summed E-state index contributed by atoms with van der Waals surface area (Å²) in [7, 11) is 0. The Morgan fingerprint density at radius 2 is 2.18 bits per heavy atom. The van der Waals surface area contributed by atoms with Gasteiger partial charge in [-0.05, 0) is 51.4 Å². The van der Waals surface area contributed by atoms with Gasteiger partial charge in [0.05, 0.1) is 0 Å². The number of aliphatic imine (C=N–C) groups is 1. The highest BCUT2D eigenvalue weighted by molar-refractivity contribution is 5.22. The molecule has 1 aliphatic carbocycles. The Balaban J connectivity index is 1.69. The molecule has 0 aromatic rings. The lowest BCUT2D eigenvalue weighted by atomic mass is 10.3. The molecule has 0 bridgehead atoms. The van der Waals surface area contributed by atoms with Gasteiger partial charge >= 0.3 is 0 Å². The SMILES string of the molecule is C=NCCCCNCC1CC1. The van der Waals surface area contributed by atoms with E-state index in [9.17, 15) is 0 Å². The molecule has 0 aromatic carbocycles. The van der Waals surface area contributed by atoms with Crippen molar-refractivity contribution in [2.24, 2.45) is 10.9 Å². The minimum absolute atomic E-state index is 0.922. The fourth-order valence-corrected chi connectivity index (χ4v) is 1.10. The summed E-state index contributed by atoms with van der Waals surface area (Å²) in [4.78, 5) is 3.80. The maximum absolute atomic E-state index is 3.80. The third-order valence-electron chi connectivity index (χ3n) is 2.05. The van der Waals surface area contributed by atoms with Crippen molar-refractivity contribution in [2.45, 2.75) is 25.7 Å². The summed E-state index contributed by atoms with van der Waals surface area (Å²) in [6.07, 6.45) is 5.31. The summed E-state index contributed by atoms with van der Waals surface area (Å²) >= 11 is 0. The van der Waals surface area contributed by atoms with Crippen molar-refractivity contribution in [1.29, 1.82) is 0 Å². The quantitative estimate of drug-likeness (QED) is 0.436. The summed E-state index contributed by atoms with van der Waals surface area (Å²) in [5.41, 5.74) is 0. The Labute approximate surface area is 69.1 Å². The molecule has 64 valence electrons. The average Bonchev–Trinajstić information content (AvgIpc) is 2.80. The molecule has 0 radical (unpaired) electrons. The fourth-order valence-electron chi connectivity index (χ4n) is 1.10. The molecule has 1 rings (SSSR count). The van der Waals surface area contributed by atoms with Crippen LogP contribution in [-0.2, 0) is 0 Å². The van der Waals surface area contributed by atoms with Crippen LogP contribution in [0.3, 0.4) is 0 Å². The molecule has 1 saturated carbocycles. The van der Waals surface area contributed by atoms with Crippen molar-refractivity contribution in [3.8, 4) is 0 Å². The van der Waals surface area contributed by atoms with E-state index in [4.69, 9.17) is 0 Å². The van der Waals surface area contributed by atoms with Gasteiger partial charge < -0.3 is 10.3 Å². The van der Waals surface area contributed by atoms with Crippen LogP contribution in [0.25, 0.3) is 0 Å². The van der Waals surface area contributed by atoms with E-state index in [0.29, 0.717) is 0 Å². The standard InChI is InChI=1S/C9H18N2/c1-10-6-2-3-7-11-8-9-4-5-9/h9,11H,1-8H2. The van der Waals surface area contributed by atoms with Crippen LogP contribution in [0.15, 0.2) is 4.99 Å². The van der Waals surface area contributed by atoms with Gasteiger partial charge in [0.2, 0.25) is 0 Å². The van der Waals surface area contributed by atoms with Crippen LogP contribution < -0.4 is 5.32 Å². The molecule has 0 atom stereocenters. The molecule has 1 N–H and O–H groups in total. The lowest BCUT2D eigenvalue weighted by Gasteiger charge is -2.00. The minimum Gasteiger partial charge on any atom is -0.316 e. The maximum atomic E-state index is 3.80. The molecule has 1 aliphatic rings. The lowest BCUT2D eigenvalue weighted by Crippen LogP contribution is -2.18. The van der Waals surface area contributed by atoms with Crippen LogP contribution in [0.4, 0.5) is 0 Å². The van der Waals surface area contributed by atoms with Gasteiger partial charge in [0, 0.05) is 6.54 Å². The molecule has 0 saturated heterocycles. The van der Waals surface area contributed by atoms with Gasteiger partial charge in [0.1, 0.15) is 0 Å². The van der Waals surface area contributed by atoms with Crippen molar-refractivity contribution in [3.63, 3.8) is 0 Å². The molecule has 2 nitrogen and oxygen atoms in total. The van der Waals surface area contributed by atoms with E-state index >= 15 is 0 Å². The zero-order chi connectivity index (χ0) is 7.94. The van der Waals surface area contributed by atoms with E-state index in [1.807, 2.05) is 0 Å². The molecule has 11 heavy (non-hydrogen) atoms. The number of nitrogens with zero attached hydrogens (tertiary/aromatic N) is 1. The first kappa shape index (κ1) is 8.72. The zero-order valence-corrected chi connectivity index (χ0v) is 7.18. The lowest BCUT2D eigenvalue weighted by molar-refractivity contribution is 0.599. The van der Waals surface area contributed by atoms with Crippen molar-refractivity contribution in [3.05, 3.63) is 0 Å². The van der Waals surface area contributed by atoms with Gasteiger partial charge in [-0.25, -0.2) is 0 Å². The number of rotatable bonds is 7. The Morgan fingerprint density at radius 3 is 2.82 bits per heavy atom. The molecule has 0 heterocycles. The highest BCUT2D eigenvalue weighted by atomic mass is 14.9. The van der Waals surface area contributed by atoms with Gasteiger partial charge in [0.15, 0.2) is 0 Å². The second-order valence-electron chi connectivity index (χ2n) is 3.30. The average molecular weight is 154 g/mol. The van der Waals surface area contributed by atoms with E-state index in [2.05, 4.69) is 17.0 Å². The number of unbranched alkanes of at least 4 members (excludes halogenated alkanes) is 1. The van der Waals surface area contributed by atoms with Gasteiger partial charge in [0.25, 0.3) is 0 Å². The molecule has 0 unspecified atom stereocenters. The van der Waals surface area contributed by atoms with Crippen molar-refractivity contribution >= 4 is 6.72 Å². The van der Waals surface area contributed by atoms with Crippen LogP contribution in [0.5, 0.6) is 0 Å². The second kappa shape index (κ2) is 5.30.